The fourth-order valence-corrected chi connectivity index (χ4v) is 3.64. The second-order valence-corrected chi connectivity index (χ2v) is 6.82. The topological polar surface area (TPSA) is 9.23 Å². The van der Waals surface area contributed by atoms with Crippen molar-refractivity contribution in [3.63, 3.8) is 0 Å². The Morgan fingerprint density at radius 3 is 2.50 bits per heavy atom. The molecule has 0 saturated heterocycles. The van der Waals surface area contributed by atoms with Gasteiger partial charge in [0.25, 0.3) is 0 Å². The number of rotatable bonds is 8. The van der Waals surface area contributed by atoms with Crippen LogP contribution in [0.5, 0.6) is 5.75 Å². The minimum atomic E-state index is -0.868. The highest BCUT2D eigenvalue weighted by Crippen LogP contribution is 2.32. The average molecular weight is 336 g/mol. The summed E-state index contributed by atoms with van der Waals surface area (Å²) in [5.41, 5.74) is 0.423. The molecule has 0 amide bonds. The molecule has 0 aliphatic heterocycles. The fourth-order valence-electron chi connectivity index (χ4n) is 3.64. The van der Waals surface area contributed by atoms with E-state index in [0.29, 0.717) is 24.5 Å². The van der Waals surface area contributed by atoms with Crippen LogP contribution in [0, 0.1) is 23.5 Å². The predicted molar refractivity (Wildman–Crippen MR) is 95.3 cm³/mol. The van der Waals surface area contributed by atoms with Gasteiger partial charge in [0.05, 0.1) is 6.61 Å². The Kier molecular flexibility index (Phi) is 7.74. The van der Waals surface area contributed by atoms with E-state index in [0.717, 1.165) is 12.3 Å². The van der Waals surface area contributed by atoms with Gasteiger partial charge in [-0.2, -0.15) is 4.39 Å². The van der Waals surface area contributed by atoms with E-state index in [-0.39, 0.29) is 5.75 Å². The van der Waals surface area contributed by atoms with Gasteiger partial charge in [0, 0.05) is 0 Å². The molecule has 24 heavy (non-hydrogen) atoms. The smallest absolute Gasteiger partial charge is 0.200 e. The van der Waals surface area contributed by atoms with Crippen molar-refractivity contribution in [2.75, 3.05) is 6.61 Å². The third-order valence-electron chi connectivity index (χ3n) is 5.00. The molecule has 1 saturated carbocycles. The number of benzene rings is 1. The monoisotopic (exact) mass is 336 g/mol. The van der Waals surface area contributed by atoms with Crippen LogP contribution in [0.4, 0.5) is 8.78 Å². The second kappa shape index (κ2) is 9.80. The minimum absolute atomic E-state index is 0.00173. The SMILES string of the molecule is CCCC1CCC(/C=C/CCc2ccc(OCC)c(F)c2F)CC1. The number of aryl methyl sites for hydroxylation is 1. The predicted octanol–water partition coefficient (Wildman–Crippen LogP) is 6.46. The van der Waals surface area contributed by atoms with E-state index in [1.807, 2.05) is 0 Å². The summed E-state index contributed by atoms with van der Waals surface area (Å²) in [5, 5.41) is 0. The average Bonchev–Trinajstić information content (AvgIpc) is 2.59. The molecule has 0 unspecified atom stereocenters. The van der Waals surface area contributed by atoms with E-state index in [2.05, 4.69) is 19.1 Å². The molecular weight excluding hydrogens is 306 g/mol. The quantitative estimate of drug-likeness (QED) is 0.495. The van der Waals surface area contributed by atoms with E-state index >= 15 is 0 Å². The van der Waals surface area contributed by atoms with Gasteiger partial charge in [0.2, 0.25) is 5.82 Å². The molecular formula is C21H30F2O. The zero-order valence-electron chi connectivity index (χ0n) is 15.0. The maximum atomic E-state index is 14.0. The third-order valence-corrected chi connectivity index (χ3v) is 5.00. The van der Waals surface area contributed by atoms with Crippen molar-refractivity contribution in [2.45, 2.75) is 65.2 Å². The minimum Gasteiger partial charge on any atom is -0.491 e. The molecule has 0 spiro atoms. The van der Waals surface area contributed by atoms with Gasteiger partial charge in [-0.15, -0.1) is 0 Å². The van der Waals surface area contributed by atoms with E-state index in [4.69, 9.17) is 4.74 Å². The largest absolute Gasteiger partial charge is 0.491 e. The Hall–Kier alpha value is -1.38. The highest BCUT2D eigenvalue weighted by Gasteiger charge is 2.18. The summed E-state index contributed by atoms with van der Waals surface area (Å²) in [5.74, 6) is -0.0549. The lowest BCUT2D eigenvalue weighted by Gasteiger charge is -2.26. The summed E-state index contributed by atoms with van der Waals surface area (Å²) in [6, 6.07) is 3.16. The lowest BCUT2D eigenvalue weighted by atomic mass is 9.80. The van der Waals surface area contributed by atoms with Crippen molar-refractivity contribution in [3.8, 4) is 5.75 Å². The Labute approximate surface area is 145 Å². The van der Waals surface area contributed by atoms with Gasteiger partial charge in [-0.1, -0.05) is 38.0 Å². The second-order valence-electron chi connectivity index (χ2n) is 6.82. The standard InChI is InChI=1S/C21H30F2O/c1-3-7-16-10-12-17(13-11-16)8-5-6-9-18-14-15-19(24-4-2)21(23)20(18)22/h5,8,14-17H,3-4,6-7,9-13H2,1-2H3/b8-5+. The highest BCUT2D eigenvalue weighted by molar-refractivity contribution is 5.31. The van der Waals surface area contributed by atoms with E-state index in [9.17, 15) is 8.78 Å². The van der Waals surface area contributed by atoms with E-state index in [1.54, 1.807) is 13.0 Å². The number of ether oxygens (including phenoxy) is 1. The zero-order chi connectivity index (χ0) is 17.4. The summed E-state index contributed by atoms with van der Waals surface area (Å²) in [6.07, 6.45) is 13.6. The van der Waals surface area contributed by atoms with Crippen LogP contribution >= 0.6 is 0 Å². The van der Waals surface area contributed by atoms with Gasteiger partial charge >= 0.3 is 0 Å². The molecule has 134 valence electrons. The molecule has 1 aliphatic rings. The first-order valence-electron chi connectivity index (χ1n) is 9.42. The summed E-state index contributed by atoms with van der Waals surface area (Å²) in [6.45, 7) is 4.35. The summed E-state index contributed by atoms with van der Waals surface area (Å²) >= 11 is 0. The molecule has 0 bridgehead atoms. The molecule has 0 heterocycles. The van der Waals surface area contributed by atoms with Crippen molar-refractivity contribution < 1.29 is 13.5 Å². The molecule has 2 rings (SSSR count). The lowest BCUT2D eigenvalue weighted by Crippen LogP contribution is -2.12. The highest BCUT2D eigenvalue weighted by atomic mass is 19.2. The maximum Gasteiger partial charge on any atom is 0.200 e. The van der Waals surface area contributed by atoms with Crippen molar-refractivity contribution in [1.29, 1.82) is 0 Å². The molecule has 1 aromatic carbocycles. The van der Waals surface area contributed by atoms with Gasteiger partial charge < -0.3 is 4.74 Å². The van der Waals surface area contributed by atoms with Crippen LogP contribution in [0.15, 0.2) is 24.3 Å². The fraction of sp³-hybridized carbons (Fsp3) is 0.619. The first kappa shape index (κ1) is 19.0. The molecule has 1 fully saturated rings. The van der Waals surface area contributed by atoms with Crippen LogP contribution in [-0.4, -0.2) is 6.61 Å². The number of hydrogen-bond donors (Lipinski definition) is 0. The van der Waals surface area contributed by atoms with Crippen molar-refractivity contribution in [1.82, 2.24) is 0 Å². The van der Waals surface area contributed by atoms with Gasteiger partial charge in [-0.3, -0.25) is 0 Å². The van der Waals surface area contributed by atoms with Gasteiger partial charge in [0.15, 0.2) is 11.6 Å². The lowest BCUT2D eigenvalue weighted by molar-refractivity contribution is 0.294. The maximum absolute atomic E-state index is 14.0. The first-order valence-corrected chi connectivity index (χ1v) is 9.42. The summed E-state index contributed by atoms with van der Waals surface area (Å²) < 4.78 is 32.9. The first-order chi connectivity index (χ1) is 11.7. The van der Waals surface area contributed by atoms with Crippen LogP contribution in [0.2, 0.25) is 0 Å². The Bertz CT molecular complexity index is 531. The Morgan fingerprint density at radius 2 is 1.83 bits per heavy atom. The molecule has 1 nitrogen and oxygen atoms in total. The Balaban J connectivity index is 1.79. The van der Waals surface area contributed by atoms with Crippen LogP contribution in [0.3, 0.4) is 0 Å². The van der Waals surface area contributed by atoms with Crippen LogP contribution < -0.4 is 4.74 Å². The third kappa shape index (κ3) is 5.32. The van der Waals surface area contributed by atoms with Crippen LogP contribution in [0.25, 0.3) is 0 Å². The number of halogens is 2. The summed E-state index contributed by atoms with van der Waals surface area (Å²) in [7, 11) is 0. The van der Waals surface area contributed by atoms with E-state index in [1.165, 1.54) is 44.6 Å². The van der Waals surface area contributed by atoms with Crippen LogP contribution in [0.1, 0.15) is 64.4 Å². The molecule has 0 radical (unpaired) electrons. The normalized spacial score (nSPS) is 21.3. The van der Waals surface area contributed by atoms with Crippen molar-refractivity contribution >= 4 is 0 Å². The number of hydrogen-bond acceptors (Lipinski definition) is 1. The van der Waals surface area contributed by atoms with Gasteiger partial charge in [-0.25, -0.2) is 4.39 Å². The molecule has 0 atom stereocenters. The molecule has 1 aromatic rings. The number of allylic oxidation sites excluding steroid dienone is 2. The zero-order valence-corrected chi connectivity index (χ0v) is 15.0. The van der Waals surface area contributed by atoms with Crippen molar-refractivity contribution in [3.05, 3.63) is 41.5 Å². The molecule has 0 aromatic heterocycles. The summed E-state index contributed by atoms with van der Waals surface area (Å²) in [4.78, 5) is 0. The molecule has 3 heteroatoms. The Morgan fingerprint density at radius 1 is 1.08 bits per heavy atom. The van der Waals surface area contributed by atoms with E-state index < -0.39 is 11.6 Å². The van der Waals surface area contributed by atoms with Crippen molar-refractivity contribution in [2.24, 2.45) is 11.8 Å². The molecule has 1 aliphatic carbocycles. The van der Waals surface area contributed by atoms with Crippen LogP contribution in [-0.2, 0) is 6.42 Å². The van der Waals surface area contributed by atoms with Gasteiger partial charge in [0.1, 0.15) is 0 Å². The van der Waals surface area contributed by atoms with Gasteiger partial charge in [-0.05, 0) is 68.9 Å². The molecule has 0 N–H and O–H groups in total.